The summed E-state index contributed by atoms with van der Waals surface area (Å²) in [6, 6.07) is 0.205. The van der Waals surface area contributed by atoms with Crippen LogP contribution in [-0.4, -0.2) is 30.6 Å². The van der Waals surface area contributed by atoms with Crippen LogP contribution in [0, 0.1) is 0 Å². The molecular formula is C14H26N2. The lowest BCUT2D eigenvalue weighted by Crippen LogP contribution is -2.31. The molecule has 0 aliphatic carbocycles. The van der Waals surface area contributed by atoms with Gasteiger partial charge in [-0.15, -0.1) is 0 Å². The van der Waals surface area contributed by atoms with E-state index in [9.17, 15) is 0 Å². The van der Waals surface area contributed by atoms with Gasteiger partial charge in [-0.05, 0) is 44.8 Å². The normalized spacial score (nSPS) is 21.6. The molecule has 0 aromatic heterocycles. The molecule has 1 atom stereocenters. The fourth-order valence-corrected chi connectivity index (χ4v) is 2.14. The summed E-state index contributed by atoms with van der Waals surface area (Å²) in [5.74, 6) is 0. The highest BCUT2D eigenvalue weighted by atomic mass is 15.1. The molecule has 0 aromatic rings. The standard InChI is InChI=1S/C14H26N2/c1-3-8-13(11-14(15)4-2)12-16-9-6-5-7-10-16/h3,8,11,14H,4-7,9-10,12,15H2,1-2H3/b8-3-,13-11+. The summed E-state index contributed by atoms with van der Waals surface area (Å²) in [5, 5.41) is 0. The van der Waals surface area contributed by atoms with Crippen molar-refractivity contribution in [2.24, 2.45) is 5.73 Å². The third-order valence-electron chi connectivity index (χ3n) is 3.14. The van der Waals surface area contributed by atoms with Crippen molar-refractivity contribution in [3.63, 3.8) is 0 Å². The Morgan fingerprint density at radius 1 is 1.31 bits per heavy atom. The summed E-state index contributed by atoms with van der Waals surface area (Å²) in [6.07, 6.45) is 11.6. The number of likely N-dealkylation sites (tertiary alicyclic amines) is 1. The highest BCUT2D eigenvalue weighted by Gasteiger charge is 2.10. The van der Waals surface area contributed by atoms with Crippen LogP contribution < -0.4 is 5.73 Å². The fraction of sp³-hybridized carbons (Fsp3) is 0.714. The SMILES string of the molecule is C/C=C\C(=C/C(N)CC)CN1CCCCC1. The van der Waals surface area contributed by atoms with Crippen LogP contribution in [0.15, 0.2) is 23.8 Å². The first-order valence-electron chi connectivity index (χ1n) is 6.57. The van der Waals surface area contributed by atoms with Gasteiger partial charge in [0, 0.05) is 12.6 Å². The first kappa shape index (κ1) is 13.5. The maximum absolute atomic E-state index is 5.98. The maximum Gasteiger partial charge on any atom is 0.0231 e. The molecule has 0 radical (unpaired) electrons. The molecule has 1 aliphatic heterocycles. The molecule has 16 heavy (non-hydrogen) atoms. The summed E-state index contributed by atoms with van der Waals surface area (Å²) in [6.45, 7) is 7.77. The molecule has 1 saturated heterocycles. The summed E-state index contributed by atoms with van der Waals surface area (Å²) >= 11 is 0. The largest absolute Gasteiger partial charge is 0.324 e. The molecule has 0 spiro atoms. The lowest BCUT2D eigenvalue weighted by molar-refractivity contribution is 0.248. The fourth-order valence-electron chi connectivity index (χ4n) is 2.14. The molecule has 0 amide bonds. The Bertz CT molecular complexity index is 237. The molecule has 0 aromatic carbocycles. The summed E-state index contributed by atoms with van der Waals surface area (Å²) < 4.78 is 0. The zero-order chi connectivity index (χ0) is 11.8. The number of nitrogens with zero attached hydrogens (tertiary/aromatic N) is 1. The first-order valence-corrected chi connectivity index (χ1v) is 6.57. The van der Waals surface area contributed by atoms with Gasteiger partial charge in [0.2, 0.25) is 0 Å². The van der Waals surface area contributed by atoms with E-state index >= 15 is 0 Å². The summed E-state index contributed by atoms with van der Waals surface area (Å²) in [5.41, 5.74) is 7.35. The van der Waals surface area contributed by atoms with E-state index < -0.39 is 0 Å². The molecule has 92 valence electrons. The molecule has 1 fully saturated rings. The zero-order valence-corrected chi connectivity index (χ0v) is 10.8. The van der Waals surface area contributed by atoms with Gasteiger partial charge in [0.25, 0.3) is 0 Å². The molecule has 2 nitrogen and oxygen atoms in total. The van der Waals surface area contributed by atoms with Gasteiger partial charge in [0.15, 0.2) is 0 Å². The maximum atomic E-state index is 5.98. The van der Waals surface area contributed by atoms with Gasteiger partial charge in [-0.3, -0.25) is 4.90 Å². The van der Waals surface area contributed by atoms with Crippen molar-refractivity contribution >= 4 is 0 Å². The Balaban J connectivity index is 2.52. The molecule has 2 N–H and O–H groups in total. The number of hydrogen-bond acceptors (Lipinski definition) is 2. The van der Waals surface area contributed by atoms with E-state index in [1.807, 2.05) is 0 Å². The van der Waals surface area contributed by atoms with Gasteiger partial charge in [0.05, 0.1) is 0 Å². The lowest BCUT2D eigenvalue weighted by Gasteiger charge is -2.27. The van der Waals surface area contributed by atoms with Crippen molar-refractivity contribution in [2.45, 2.75) is 45.6 Å². The van der Waals surface area contributed by atoms with Crippen LogP contribution in [0.4, 0.5) is 0 Å². The average Bonchev–Trinajstić information content (AvgIpc) is 2.30. The van der Waals surface area contributed by atoms with Crippen molar-refractivity contribution in [1.29, 1.82) is 0 Å². The van der Waals surface area contributed by atoms with Crippen LogP contribution in [0.1, 0.15) is 39.5 Å². The number of nitrogens with two attached hydrogens (primary N) is 1. The Morgan fingerprint density at radius 3 is 2.56 bits per heavy atom. The van der Waals surface area contributed by atoms with Crippen molar-refractivity contribution in [1.82, 2.24) is 4.90 Å². The Labute approximate surface area is 100 Å². The van der Waals surface area contributed by atoms with Crippen molar-refractivity contribution < 1.29 is 0 Å². The van der Waals surface area contributed by atoms with Crippen LogP contribution in [0.3, 0.4) is 0 Å². The molecule has 1 rings (SSSR count). The van der Waals surface area contributed by atoms with E-state index in [-0.39, 0.29) is 6.04 Å². The Kier molecular flexibility index (Phi) is 6.43. The summed E-state index contributed by atoms with van der Waals surface area (Å²) in [4.78, 5) is 2.54. The highest BCUT2D eigenvalue weighted by molar-refractivity contribution is 5.22. The van der Waals surface area contributed by atoms with Crippen molar-refractivity contribution in [2.75, 3.05) is 19.6 Å². The van der Waals surface area contributed by atoms with Crippen LogP contribution in [0.2, 0.25) is 0 Å². The average molecular weight is 222 g/mol. The Morgan fingerprint density at radius 2 is 2.00 bits per heavy atom. The van der Waals surface area contributed by atoms with Gasteiger partial charge >= 0.3 is 0 Å². The van der Waals surface area contributed by atoms with E-state index in [0.717, 1.165) is 13.0 Å². The van der Waals surface area contributed by atoms with Gasteiger partial charge in [-0.25, -0.2) is 0 Å². The van der Waals surface area contributed by atoms with Crippen LogP contribution in [0.5, 0.6) is 0 Å². The molecule has 2 heteroatoms. The van der Waals surface area contributed by atoms with Crippen LogP contribution in [0.25, 0.3) is 0 Å². The quantitative estimate of drug-likeness (QED) is 0.725. The number of allylic oxidation sites excluding steroid dienone is 1. The van der Waals surface area contributed by atoms with Gasteiger partial charge < -0.3 is 5.73 Å². The minimum absolute atomic E-state index is 0.205. The predicted molar refractivity (Wildman–Crippen MR) is 71.5 cm³/mol. The number of rotatable bonds is 5. The monoisotopic (exact) mass is 222 g/mol. The van der Waals surface area contributed by atoms with E-state index in [2.05, 4.69) is 37.0 Å². The van der Waals surface area contributed by atoms with Gasteiger partial charge in [-0.2, -0.15) is 0 Å². The van der Waals surface area contributed by atoms with Crippen LogP contribution >= 0.6 is 0 Å². The minimum Gasteiger partial charge on any atom is -0.324 e. The minimum atomic E-state index is 0.205. The van der Waals surface area contributed by atoms with E-state index in [4.69, 9.17) is 5.73 Å². The van der Waals surface area contributed by atoms with Crippen molar-refractivity contribution in [3.8, 4) is 0 Å². The van der Waals surface area contributed by atoms with Crippen LogP contribution in [-0.2, 0) is 0 Å². The second-order valence-corrected chi connectivity index (χ2v) is 4.65. The third kappa shape index (κ3) is 4.95. The topological polar surface area (TPSA) is 29.3 Å². The molecular weight excluding hydrogens is 196 g/mol. The second-order valence-electron chi connectivity index (χ2n) is 4.65. The molecule has 0 bridgehead atoms. The third-order valence-corrected chi connectivity index (χ3v) is 3.14. The first-order chi connectivity index (χ1) is 7.76. The van der Waals surface area contributed by atoms with E-state index in [1.165, 1.54) is 37.9 Å². The molecule has 1 aliphatic rings. The molecule has 1 heterocycles. The van der Waals surface area contributed by atoms with E-state index in [1.54, 1.807) is 0 Å². The zero-order valence-electron chi connectivity index (χ0n) is 10.8. The smallest absolute Gasteiger partial charge is 0.0231 e. The Hall–Kier alpha value is -0.600. The van der Waals surface area contributed by atoms with Gasteiger partial charge in [0.1, 0.15) is 0 Å². The molecule has 1 unspecified atom stereocenters. The predicted octanol–water partition coefficient (Wildman–Crippen LogP) is 2.71. The second kappa shape index (κ2) is 7.64. The summed E-state index contributed by atoms with van der Waals surface area (Å²) in [7, 11) is 0. The van der Waals surface area contributed by atoms with Gasteiger partial charge in [-0.1, -0.05) is 31.6 Å². The van der Waals surface area contributed by atoms with E-state index in [0.29, 0.717) is 0 Å². The number of hydrogen-bond donors (Lipinski definition) is 1. The highest BCUT2D eigenvalue weighted by Crippen LogP contribution is 2.12. The lowest BCUT2D eigenvalue weighted by atomic mass is 10.1. The number of piperidine rings is 1. The molecule has 0 saturated carbocycles. The van der Waals surface area contributed by atoms with Crippen molar-refractivity contribution in [3.05, 3.63) is 23.8 Å².